The third kappa shape index (κ3) is 45.2. The first-order valence-corrected chi connectivity index (χ1v) is 25.2. The monoisotopic (exact) mass is 813 g/mol. The molecular weight excluding hydrogens is 723 g/mol. The Morgan fingerprint density at radius 1 is 0.446 bits per heavy atom. The van der Waals surface area contributed by atoms with Crippen LogP contribution in [-0.4, -0.2) is 41.0 Å². The van der Waals surface area contributed by atoms with E-state index in [1.54, 1.807) is 0 Å². The highest BCUT2D eigenvalue weighted by atomic mass is 31.2. The van der Waals surface area contributed by atoms with Gasteiger partial charge in [-0.25, -0.2) is 4.57 Å². The van der Waals surface area contributed by atoms with Gasteiger partial charge in [0, 0.05) is 12.8 Å². The Morgan fingerprint density at radius 2 is 0.768 bits per heavy atom. The molecule has 2 N–H and O–H groups in total. The number of phosphoric ester groups is 1. The van der Waals surface area contributed by atoms with Gasteiger partial charge in [-0.1, -0.05) is 199 Å². The quantitative estimate of drug-likeness (QED) is 0.0270. The Labute approximate surface area is 345 Å². The van der Waals surface area contributed by atoms with E-state index in [9.17, 15) is 14.2 Å². The number of rotatable bonds is 44. The molecule has 0 aromatic carbocycles. The number of unbranched alkanes of at least 4 members (excludes halogenated alkanes) is 30. The van der Waals surface area contributed by atoms with Crippen molar-refractivity contribution in [3.05, 3.63) is 24.3 Å². The predicted octanol–water partition coefficient (Wildman–Crippen LogP) is 14.7. The second-order valence-electron chi connectivity index (χ2n) is 16.1. The normalized spacial score (nSPS) is 12.6. The molecule has 0 aliphatic carbocycles. The molecule has 0 amide bonds. The fourth-order valence-electron chi connectivity index (χ4n) is 6.90. The van der Waals surface area contributed by atoms with E-state index in [1.807, 2.05) is 0 Å². The highest BCUT2D eigenvalue weighted by Gasteiger charge is 2.22. The van der Waals surface area contributed by atoms with Crippen molar-refractivity contribution in [1.29, 1.82) is 0 Å². The zero-order chi connectivity index (χ0) is 41.1. The van der Waals surface area contributed by atoms with E-state index in [-0.39, 0.29) is 19.4 Å². The smallest absolute Gasteiger partial charge is 0.462 e. The molecule has 0 aromatic heterocycles. The number of ether oxygens (including phenoxy) is 2. The van der Waals surface area contributed by atoms with Crippen molar-refractivity contribution < 1.29 is 37.9 Å². The summed E-state index contributed by atoms with van der Waals surface area (Å²) >= 11 is 0. The molecular formula is C47H89O8P. The predicted molar refractivity (Wildman–Crippen MR) is 235 cm³/mol. The zero-order valence-corrected chi connectivity index (χ0v) is 37.4. The Hall–Kier alpha value is -1.47. The fraction of sp³-hybridized carbons (Fsp3) is 0.872. The molecule has 0 saturated carbocycles. The summed E-state index contributed by atoms with van der Waals surface area (Å²) in [5.41, 5.74) is 0. The van der Waals surface area contributed by atoms with Crippen LogP contribution in [0.4, 0.5) is 0 Å². The lowest BCUT2D eigenvalue weighted by Gasteiger charge is -2.18. The molecule has 56 heavy (non-hydrogen) atoms. The minimum atomic E-state index is -4.76. The van der Waals surface area contributed by atoms with E-state index in [0.29, 0.717) is 12.8 Å². The van der Waals surface area contributed by atoms with E-state index in [1.165, 1.54) is 167 Å². The lowest BCUT2D eigenvalue weighted by molar-refractivity contribution is -0.161. The van der Waals surface area contributed by atoms with Crippen LogP contribution in [0, 0.1) is 0 Å². The van der Waals surface area contributed by atoms with Crippen LogP contribution in [0.2, 0.25) is 0 Å². The molecule has 0 saturated heterocycles. The lowest BCUT2D eigenvalue weighted by Crippen LogP contribution is -2.29. The average Bonchev–Trinajstić information content (AvgIpc) is 3.17. The number of hydrogen-bond acceptors (Lipinski definition) is 6. The van der Waals surface area contributed by atoms with Crippen LogP contribution in [0.3, 0.4) is 0 Å². The summed E-state index contributed by atoms with van der Waals surface area (Å²) in [4.78, 5) is 42.9. The summed E-state index contributed by atoms with van der Waals surface area (Å²) in [6, 6.07) is 0. The van der Waals surface area contributed by atoms with Gasteiger partial charge in [0.05, 0.1) is 6.61 Å². The van der Waals surface area contributed by atoms with Crippen molar-refractivity contribution >= 4 is 19.8 Å². The highest BCUT2D eigenvalue weighted by molar-refractivity contribution is 7.46. The largest absolute Gasteiger partial charge is 0.469 e. The van der Waals surface area contributed by atoms with Crippen LogP contribution in [0.1, 0.15) is 245 Å². The van der Waals surface area contributed by atoms with Crippen LogP contribution in [-0.2, 0) is 28.2 Å². The molecule has 0 fully saturated rings. The van der Waals surface area contributed by atoms with Gasteiger partial charge in [-0.2, -0.15) is 0 Å². The Morgan fingerprint density at radius 3 is 1.16 bits per heavy atom. The van der Waals surface area contributed by atoms with Gasteiger partial charge in [0.1, 0.15) is 6.61 Å². The summed E-state index contributed by atoms with van der Waals surface area (Å²) in [5, 5.41) is 0. The van der Waals surface area contributed by atoms with Crippen molar-refractivity contribution in [1.82, 2.24) is 0 Å². The van der Waals surface area contributed by atoms with E-state index < -0.39 is 32.5 Å². The number of hydrogen-bond donors (Lipinski definition) is 2. The number of allylic oxidation sites excluding steroid dienone is 4. The Balaban J connectivity index is 3.83. The fourth-order valence-corrected chi connectivity index (χ4v) is 7.26. The minimum Gasteiger partial charge on any atom is -0.462 e. The molecule has 0 bridgehead atoms. The maximum absolute atomic E-state index is 12.4. The highest BCUT2D eigenvalue weighted by Crippen LogP contribution is 2.36. The van der Waals surface area contributed by atoms with Gasteiger partial charge >= 0.3 is 19.8 Å². The van der Waals surface area contributed by atoms with Crippen LogP contribution >= 0.6 is 7.82 Å². The zero-order valence-electron chi connectivity index (χ0n) is 36.5. The first kappa shape index (κ1) is 54.5. The second-order valence-corrected chi connectivity index (χ2v) is 17.3. The van der Waals surface area contributed by atoms with E-state index >= 15 is 0 Å². The van der Waals surface area contributed by atoms with Crippen LogP contribution in [0.25, 0.3) is 0 Å². The van der Waals surface area contributed by atoms with Crippen molar-refractivity contribution in [2.75, 3.05) is 13.2 Å². The SMILES string of the molecule is CCCCCC/C=C/CCCCCCCCCC(=O)O[C@H](COC(=O)CCC/C=C/CCCCCCCCCCCCCCCCCCCC)COP(=O)(O)O. The van der Waals surface area contributed by atoms with Crippen LogP contribution in [0.5, 0.6) is 0 Å². The molecule has 330 valence electrons. The van der Waals surface area contributed by atoms with Gasteiger partial charge in [0.15, 0.2) is 6.10 Å². The minimum absolute atomic E-state index is 0.204. The van der Waals surface area contributed by atoms with Crippen molar-refractivity contribution in [3.8, 4) is 0 Å². The van der Waals surface area contributed by atoms with Crippen molar-refractivity contribution in [3.63, 3.8) is 0 Å². The Kier molecular flexibility index (Phi) is 42.0. The van der Waals surface area contributed by atoms with Gasteiger partial charge in [0.25, 0.3) is 0 Å². The molecule has 1 atom stereocenters. The molecule has 0 rings (SSSR count). The molecule has 0 radical (unpaired) electrons. The number of carbonyl (C=O) groups is 2. The molecule has 9 heteroatoms. The third-order valence-electron chi connectivity index (χ3n) is 10.4. The lowest BCUT2D eigenvalue weighted by atomic mass is 10.0. The number of phosphoric acid groups is 1. The van der Waals surface area contributed by atoms with E-state index in [0.717, 1.165) is 38.5 Å². The summed E-state index contributed by atoms with van der Waals surface area (Å²) < 4.78 is 26.4. The van der Waals surface area contributed by atoms with Crippen molar-refractivity contribution in [2.24, 2.45) is 0 Å². The molecule has 8 nitrogen and oxygen atoms in total. The van der Waals surface area contributed by atoms with Gasteiger partial charge in [-0.3, -0.25) is 14.1 Å². The molecule has 0 aromatic rings. The Bertz CT molecular complexity index is 962. The maximum atomic E-state index is 12.4. The molecule has 0 unspecified atom stereocenters. The van der Waals surface area contributed by atoms with Crippen LogP contribution in [0.15, 0.2) is 24.3 Å². The third-order valence-corrected chi connectivity index (χ3v) is 10.9. The second kappa shape index (κ2) is 43.1. The van der Waals surface area contributed by atoms with Gasteiger partial charge in [0.2, 0.25) is 0 Å². The maximum Gasteiger partial charge on any atom is 0.469 e. The van der Waals surface area contributed by atoms with Crippen LogP contribution < -0.4 is 0 Å². The molecule has 0 aliphatic heterocycles. The standard InChI is InChI=1S/C47H89O8P/c1-3-5-7-9-11-13-15-17-19-20-21-22-23-24-25-26-28-29-31-33-35-37-39-41-46(48)53-43-45(44-54-56(50,51)52)55-47(49)42-40-38-36-34-32-30-27-18-16-14-12-10-8-6-4-2/h14,16,33,35,45H,3-13,15,17-32,34,36-44H2,1-2H3,(H2,50,51,52)/b16-14+,35-33+/t45-/m1/s1. The average molecular weight is 813 g/mol. The summed E-state index contributed by atoms with van der Waals surface area (Å²) in [7, 11) is -4.76. The first-order valence-electron chi connectivity index (χ1n) is 23.6. The number of esters is 2. The molecule has 0 aliphatic rings. The van der Waals surface area contributed by atoms with E-state index in [4.69, 9.17) is 19.3 Å². The summed E-state index contributed by atoms with van der Waals surface area (Å²) in [6.45, 7) is 3.68. The van der Waals surface area contributed by atoms with Gasteiger partial charge < -0.3 is 19.3 Å². The topological polar surface area (TPSA) is 119 Å². The van der Waals surface area contributed by atoms with Crippen molar-refractivity contribution in [2.45, 2.75) is 251 Å². The number of carbonyl (C=O) groups excluding carboxylic acids is 2. The molecule has 0 heterocycles. The van der Waals surface area contributed by atoms with E-state index in [2.05, 4.69) is 42.7 Å². The molecule has 0 spiro atoms. The first-order chi connectivity index (χ1) is 27.3. The van der Waals surface area contributed by atoms with Gasteiger partial charge in [-0.15, -0.1) is 0 Å². The summed E-state index contributed by atoms with van der Waals surface area (Å²) in [5.74, 6) is -0.917. The van der Waals surface area contributed by atoms with Gasteiger partial charge in [-0.05, 0) is 57.8 Å². The summed E-state index contributed by atoms with van der Waals surface area (Å²) in [6.07, 6.45) is 50.6.